The van der Waals surface area contributed by atoms with Gasteiger partial charge < -0.3 is 5.32 Å². The molecule has 15 heavy (non-hydrogen) atoms. The first-order valence-electron chi connectivity index (χ1n) is 6.34. The molecule has 0 amide bonds. The number of nitrogens with one attached hydrogen (secondary N) is 1. The van der Waals surface area contributed by atoms with E-state index >= 15 is 0 Å². The van der Waals surface area contributed by atoms with Crippen molar-refractivity contribution in [2.45, 2.75) is 58.9 Å². The SMILES string of the molecule is CC1CCCCCCN1.CCN(F)CC. The van der Waals surface area contributed by atoms with E-state index in [4.69, 9.17) is 0 Å². The Morgan fingerprint density at radius 2 is 1.73 bits per heavy atom. The van der Waals surface area contributed by atoms with Gasteiger partial charge in [0.1, 0.15) is 0 Å². The van der Waals surface area contributed by atoms with Crippen LogP contribution in [0.4, 0.5) is 4.48 Å². The number of nitrogens with zero attached hydrogens (tertiary/aromatic N) is 1. The van der Waals surface area contributed by atoms with Crippen LogP contribution in [0.3, 0.4) is 0 Å². The zero-order valence-electron chi connectivity index (χ0n) is 10.6. The Hall–Kier alpha value is -0.150. The van der Waals surface area contributed by atoms with Gasteiger partial charge in [0.2, 0.25) is 0 Å². The molecule has 92 valence electrons. The van der Waals surface area contributed by atoms with Crippen LogP contribution in [0.1, 0.15) is 52.9 Å². The largest absolute Gasteiger partial charge is 0.314 e. The van der Waals surface area contributed by atoms with Crippen LogP contribution in [0.25, 0.3) is 0 Å². The summed E-state index contributed by atoms with van der Waals surface area (Å²) in [6, 6.07) is 0.769. The van der Waals surface area contributed by atoms with Crippen molar-refractivity contribution in [1.29, 1.82) is 0 Å². The highest BCUT2D eigenvalue weighted by Gasteiger charge is 2.02. The van der Waals surface area contributed by atoms with Crippen molar-refractivity contribution in [2.75, 3.05) is 19.6 Å². The van der Waals surface area contributed by atoms with Crippen LogP contribution in [0.15, 0.2) is 0 Å². The second kappa shape index (κ2) is 10.4. The first-order chi connectivity index (χ1) is 7.20. The van der Waals surface area contributed by atoms with Crippen LogP contribution in [-0.2, 0) is 0 Å². The molecule has 0 spiro atoms. The molecule has 0 bridgehead atoms. The summed E-state index contributed by atoms with van der Waals surface area (Å²) in [5.41, 5.74) is 0. The maximum Gasteiger partial charge on any atom is 0.0261 e. The monoisotopic (exact) mass is 218 g/mol. The van der Waals surface area contributed by atoms with E-state index in [1.165, 1.54) is 38.6 Å². The first-order valence-corrected chi connectivity index (χ1v) is 6.34. The Morgan fingerprint density at radius 3 is 2.27 bits per heavy atom. The van der Waals surface area contributed by atoms with Gasteiger partial charge in [-0.05, 0) is 40.2 Å². The van der Waals surface area contributed by atoms with Crippen LogP contribution in [-0.4, -0.2) is 30.8 Å². The summed E-state index contributed by atoms with van der Waals surface area (Å²) in [6.45, 7) is 8.08. The fourth-order valence-corrected chi connectivity index (χ4v) is 1.60. The lowest BCUT2D eigenvalue weighted by molar-refractivity contribution is 0.0389. The molecule has 0 aromatic rings. The zero-order valence-corrected chi connectivity index (χ0v) is 10.6. The zero-order chi connectivity index (χ0) is 11.5. The summed E-state index contributed by atoms with van der Waals surface area (Å²) >= 11 is 0. The van der Waals surface area contributed by atoms with Crippen molar-refractivity contribution in [3.63, 3.8) is 0 Å². The van der Waals surface area contributed by atoms with E-state index in [0.29, 0.717) is 13.1 Å². The van der Waals surface area contributed by atoms with Crippen molar-refractivity contribution in [3.05, 3.63) is 0 Å². The molecule has 1 heterocycles. The van der Waals surface area contributed by atoms with Crippen LogP contribution < -0.4 is 5.32 Å². The van der Waals surface area contributed by atoms with Gasteiger partial charge in [0.15, 0.2) is 0 Å². The molecule has 0 saturated carbocycles. The molecule has 3 heteroatoms. The van der Waals surface area contributed by atoms with Gasteiger partial charge in [0.25, 0.3) is 0 Å². The average molecular weight is 218 g/mol. The molecule has 1 aliphatic rings. The molecule has 1 atom stereocenters. The summed E-state index contributed by atoms with van der Waals surface area (Å²) in [4.78, 5) is 0. The maximum absolute atomic E-state index is 11.7. The molecule has 0 aromatic carbocycles. The van der Waals surface area contributed by atoms with Crippen LogP contribution in [0.5, 0.6) is 0 Å². The van der Waals surface area contributed by atoms with E-state index in [2.05, 4.69) is 12.2 Å². The smallest absolute Gasteiger partial charge is 0.0261 e. The molecular formula is C12H27FN2. The van der Waals surface area contributed by atoms with Crippen molar-refractivity contribution in [2.24, 2.45) is 0 Å². The van der Waals surface area contributed by atoms with E-state index in [1.807, 2.05) is 0 Å². The Labute approximate surface area is 94.2 Å². The number of halogens is 1. The van der Waals surface area contributed by atoms with Gasteiger partial charge in [-0.3, -0.25) is 0 Å². The van der Waals surface area contributed by atoms with Gasteiger partial charge in [0, 0.05) is 19.1 Å². The number of hydrogen-bond acceptors (Lipinski definition) is 2. The molecule has 1 fully saturated rings. The molecule has 0 aromatic heterocycles. The molecule has 1 unspecified atom stereocenters. The minimum absolute atomic E-state index is 0.497. The quantitative estimate of drug-likeness (QED) is 0.716. The Morgan fingerprint density at radius 1 is 1.13 bits per heavy atom. The number of hydrogen-bond donors (Lipinski definition) is 1. The minimum Gasteiger partial charge on any atom is -0.314 e. The Balaban J connectivity index is 0.000000288. The van der Waals surface area contributed by atoms with Gasteiger partial charge in [-0.2, -0.15) is 0 Å². The predicted octanol–water partition coefficient (Wildman–Crippen LogP) is 3.14. The third kappa shape index (κ3) is 10.1. The molecular weight excluding hydrogens is 191 g/mol. The predicted molar refractivity (Wildman–Crippen MR) is 64.6 cm³/mol. The lowest BCUT2D eigenvalue weighted by Gasteiger charge is -2.16. The second-order valence-electron chi connectivity index (χ2n) is 4.15. The molecule has 2 nitrogen and oxygen atoms in total. The van der Waals surface area contributed by atoms with Gasteiger partial charge in [-0.15, -0.1) is 9.60 Å². The highest BCUT2D eigenvalue weighted by Crippen LogP contribution is 2.08. The second-order valence-corrected chi connectivity index (χ2v) is 4.15. The Bertz CT molecular complexity index is 119. The van der Waals surface area contributed by atoms with Crippen molar-refractivity contribution in [3.8, 4) is 0 Å². The first kappa shape index (κ1) is 14.8. The molecule has 0 aliphatic carbocycles. The van der Waals surface area contributed by atoms with Crippen molar-refractivity contribution < 1.29 is 4.48 Å². The van der Waals surface area contributed by atoms with Crippen LogP contribution in [0, 0.1) is 0 Å². The average Bonchev–Trinajstić information content (AvgIpc) is 2.23. The Kier molecular flexibility index (Phi) is 10.3. The van der Waals surface area contributed by atoms with Gasteiger partial charge >= 0.3 is 0 Å². The van der Waals surface area contributed by atoms with E-state index < -0.39 is 0 Å². The standard InChI is InChI=1S/C8H17N.C4H10FN/c1-8-6-4-2-3-5-7-9-8;1-3-6(5)4-2/h8-9H,2-7H2,1H3;3-4H2,1-2H3. The lowest BCUT2D eigenvalue weighted by atomic mass is 10.1. The maximum atomic E-state index is 11.7. The lowest BCUT2D eigenvalue weighted by Crippen LogP contribution is -2.28. The molecule has 1 rings (SSSR count). The summed E-state index contributed by atoms with van der Waals surface area (Å²) in [5.74, 6) is 0. The van der Waals surface area contributed by atoms with E-state index in [-0.39, 0.29) is 0 Å². The highest BCUT2D eigenvalue weighted by atomic mass is 19.2. The van der Waals surface area contributed by atoms with E-state index in [9.17, 15) is 4.48 Å². The van der Waals surface area contributed by atoms with Crippen molar-refractivity contribution >= 4 is 0 Å². The third-order valence-electron chi connectivity index (χ3n) is 2.74. The van der Waals surface area contributed by atoms with Gasteiger partial charge in [-0.1, -0.05) is 19.3 Å². The summed E-state index contributed by atoms with van der Waals surface area (Å²) in [5, 5.41) is 4.23. The third-order valence-corrected chi connectivity index (χ3v) is 2.74. The normalized spacial score (nSPS) is 22.6. The van der Waals surface area contributed by atoms with Gasteiger partial charge in [0.05, 0.1) is 0 Å². The summed E-state index contributed by atoms with van der Waals surface area (Å²) < 4.78 is 11.7. The van der Waals surface area contributed by atoms with Gasteiger partial charge in [-0.25, -0.2) is 0 Å². The molecule has 1 N–H and O–H groups in total. The summed E-state index contributed by atoms with van der Waals surface area (Å²) in [7, 11) is 0. The fourth-order valence-electron chi connectivity index (χ4n) is 1.60. The van der Waals surface area contributed by atoms with Crippen LogP contribution in [0.2, 0.25) is 0 Å². The number of rotatable bonds is 2. The molecule has 1 aliphatic heterocycles. The van der Waals surface area contributed by atoms with E-state index in [0.717, 1.165) is 11.2 Å². The van der Waals surface area contributed by atoms with Crippen LogP contribution >= 0.6 is 0 Å². The fraction of sp³-hybridized carbons (Fsp3) is 1.00. The highest BCUT2D eigenvalue weighted by molar-refractivity contribution is 4.63. The topological polar surface area (TPSA) is 15.3 Å². The van der Waals surface area contributed by atoms with Crippen molar-refractivity contribution in [1.82, 2.24) is 10.4 Å². The summed E-state index contributed by atoms with van der Waals surface area (Å²) in [6.07, 6.45) is 7.06. The molecule has 1 saturated heterocycles. The minimum atomic E-state index is 0.497. The van der Waals surface area contributed by atoms with E-state index in [1.54, 1.807) is 13.8 Å². The molecule has 0 radical (unpaired) electrons.